The third-order valence-electron chi connectivity index (χ3n) is 2.64. The van der Waals surface area contributed by atoms with Crippen LogP contribution in [0.2, 0.25) is 0 Å². The Morgan fingerprint density at radius 2 is 1.75 bits per heavy atom. The molecular formula is C15H10N-. The van der Waals surface area contributed by atoms with Gasteiger partial charge in [-0.3, -0.25) is 0 Å². The van der Waals surface area contributed by atoms with Crippen molar-refractivity contribution in [3.63, 3.8) is 0 Å². The Balaban J connectivity index is 2.32. The highest BCUT2D eigenvalue weighted by atomic mass is 14.7. The van der Waals surface area contributed by atoms with Gasteiger partial charge < -0.3 is 4.98 Å². The maximum atomic E-state index is 4.45. The molecule has 0 aliphatic carbocycles. The molecule has 0 unspecified atom stereocenters. The number of rotatable bonds is 1. The summed E-state index contributed by atoms with van der Waals surface area (Å²) in [5.41, 5.74) is 2.04. The van der Waals surface area contributed by atoms with E-state index in [0.717, 1.165) is 11.3 Å². The number of pyridine rings is 1. The van der Waals surface area contributed by atoms with Crippen LogP contribution in [0.25, 0.3) is 22.0 Å². The Hall–Kier alpha value is -2.15. The molecule has 0 fully saturated rings. The molecule has 16 heavy (non-hydrogen) atoms. The largest absolute Gasteiger partial charge is 0.304 e. The quantitative estimate of drug-likeness (QED) is 0.551. The van der Waals surface area contributed by atoms with Gasteiger partial charge in [0.05, 0.1) is 0 Å². The highest BCUT2D eigenvalue weighted by Gasteiger charge is 1.97. The van der Waals surface area contributed by atoms with Crippen molar-refractivity contribution < 1.29 is 0 Å². The molecule has 76 valence electrons. The predicted octanol–water partition coefficient (Wildman–Crippen LogP) is 3.70. The third-order valence-corrected chi connectivity index (χ3v) is 2.64. The van der Waals surface area contributed by atoms with E-state index in [2.05, 4.69) is 23.2 Å². The van der Waals surface area contributed by atoms with Crippen LogP contribution >= 0.6 is 0 Å². The van der Waals surface area contributed by atoms with Gasteiger partial charge >= 0.3 is 0 Å². The molecule has 1 heterocycles. The first-order valence-electron chi connectivity index (χ1n) is 5.26. The van der Waals surface area contributed by atoms with Crippen molar-refractivity contribution in [1.29, 1.82) is 0 Å². The monoisotopic (exact) mass is 204 g/mol. The first-order valence-corrected chi connectivity index (χ1v) is 5.26. The molecule has 0 saturated carbocycles. The van der Waals surface area contributed by atoms with Gasteiger partial charge in [-0.05, 0) is 22.5 Å². The van der Waals surface area contributed by atoms with Crippen molar-refractivity contribution in [1.82, 2.24) is 4.98 Å². The molecule has 0 bridgehead atoms. The molecule has 3 aromatic rings. The van der Waals surface area contributed by atoms with Gasteiger partial charge in [0.15, 0.2) is 0 Å². The third kappa shape index (κ3) is 1.47. The summed E-state index contributed by atoms with van der Waals surface area (Å²) in [6.07, 6.45) is 1.85. The van der Waals surface area contributed by atoms with E-state index in [1.165, 1.54) is 10.8 Å². The van der Waals surface area contributed by atoms with Crippen LogP contribution < -0.4 is 0 Å². The van der Waals surface area contributed by atoms with E-state index in [-0.39, 0.29) is 0 Å². The second-order valence-corrected chi connectivity index (χ2v) is 3.66. The minimum atomic E-state index is 0.999. The van der Waals surface area contributed by atoms with Gasteiger partial charge in [0.1, 0.15) is 0 Å². The molecule has 0 aliphatic heterocycles. The van der Waals surface area contributed by atoms with Crippen LogP contribution in [0.4, 0.5) is 0 Å². The number of nitrogens with zero attached hydrogens (tertiary/aromatic N) is 1. The molecule has 0 radical (unpaired) electrons. The molecule has 1 aromatic heterocycles. The van der Waals surface area contributed by atoms with Crippen LogP contribution in [0.5, 0.6) is 0 Å². The number of fused-ring (bicyclic) bond motifs is 1. The Morgan fingerprint density at radius 3 is 2.62 bits per heavy atom. The van der Waals surface area contributed by atoms with E-state index < -0.39 is 0 Å². The second-order valence-electron chi connectivity index (χ2n) is 3.66. The van der Waals surface area contributed by atoms with Crippen LogP contribution in [-0.4, -0.2) is 4.98 Å². The molecule has 1 heteroatoms. The molecule has 1 nitrogen and oxygen atoms in total. The number of hydrogen-bond donors (Lipinski definition) is 0. The van der Waals surface area contributed by atoms with Crippen molar-refractivity contribution >= 4 is 10.8 Å². The fourth-order valence-corrected chi connectivity index (χ4v) is 1.87. The van der Waals surface area contributed by atoms with Crippen molar-refractivity contribution in [2.24, 2.45) is 0 Å². The summed E-state index contributed by atoms with van der Waals surface area (Å²) in [4.78, 5) is 4.45. The minimum Gasteiger partial charge on any atom is -0.304 e. The first-order chi connectivity index (χ1) is 7.95. The van der Waals surface area contributed by atoms with Gasteiger partial charge in [-0.1, -0.05) is 24.3 Å². The zero-order valence-corrected chi connectivity index (χ0v) is 8.72. The average Bonchev–Trinajstić information content (AvgIpc) is 2.39. The summed E-state index contributed by atoms with van der Waals surface area (Å²) in [5.74, 6) is 0. The molecule has 3 rings (SSSR count). The van der Waals surface area contributed by atoms with Crippen LogP contribution in [0.1, 0.15) is 0 Å². The SMILES string of the molecule is [c-]1ccccc1-c1nccc2ccccc12. The van der Waals surface area contributed by atoms with Gasteiger partial charge in [0.2, 0.25) is 0 Å². The van der Waals surface area contributed by atoms with Crippen molar-refractivity contribution in [3.05, 3.63) is 66.9 Å². The Kier molecular flexibility index (Phi) is 2.15. The summed E-state index contributed by atoms with van der Waals surface area (Å²) in [6.45, 7) is 0. The molecule has 0 atom stereocenters. The number of hydrogen-bond acceptors (Lipinski definition) is 1. The topological polar surface area (TPSA) is 12.9 Å². The summed E-state index contributed by atoms with van der Waals surface area (Å²) < 4.78 is 0. The molecule has 0 aliphatic rings. The fourth-order valence-electron chi connectivity index (χ4n) is 1.87. The van der Waals surface area contributed by atoms with Gasteiger partial charge in [-0.2, -0.15) is 0 Å². The second kappa shape index (κ2) is 3.78. The average molecular weight is 204 g/mol. The standard InChI is InChI=1S/C15H10N/c1-2-7-13(8-3-1)15-14-9-5-4-6-12(14)10-11-16-15/h1-7,9-11H/q-1. The minimum absolute atomic E-state index is 0.999. The number of aromatic nitrogens is 1. The zero-order chi connectivity index (χ0) is 10.8. The van der Waals surface area contributed by atoms with Gasteiger partial charge in [0, 0.05) is 6.20 Å². The lowest BCUT2D eigenvalue weighted by Gasteiger charge is -2.11. The molecular weight excluding hydrogens is 194 g/mol. The van der Waals surface area contributed by atoms with Crippen molar-refractivity contribution in [2.45, 2.75) is 0 Å². The number of benzene rings is 2. The Labute approximate surface area is 94.4 Å². The van der Waals surface area contributed by atoms with Crippen molar-refractivity contribution in [2.75, 3.05) is 0 Å². The summed E-state index contributed by atoms with van der Waals surface area (Å²) in [5, 5.41) is 2.39. The lowest BCUT2D eigenvalue weighted by molar-refractivity contribution is 1.36. The zero-order valence-electron chi connectivity index (χ0n) is 8.72. The van der Waals surface area contributed by atoms with E-state index in [4.69, 9.17) is 0 Å². The summed E-state index contributed by atoms with van der Waals surface area (Å²) in [6, 6.07) is 21.4. The maximum absolute atomic E-state index is 4.45. The Morgan fingerprint density at radius 1 is 0.875 bits per heavy atom. The maximum Gasteiger partial charge on any atom is 0.0167 e. The smallest absolute Gasteiger partial charge is 0.0167 e. The summed E-state index contributed by atoms with van der Waals surface area (Å²) in [7, 11) is 0. The molecule has 0 N–H and O–H groups in total. The van der Waals surface area contributed by atoms with E-state index >= 15 is 0 Å². The highest BCUT2D eigenvalue weighted by Crippen LogP contribution is 2.25. The molecule has 0 amide bonds. The fraction of sp³-hybridized carbons (Fsp3) is 0. The lowest BCUT2D eigenvalue weighted by atomic mass is 10.0. The highest BCUT2D eigenvalue weighted by molar-refractivity contribution is 5.94. The van der Waals surface area contributed by atoms with Gasteiger partial charge in [0.25, 0.3) is 0 Å². The van der Waals surface area contributed by atoms with E-state index in [1.807, 2.05) is 48.7 Å². The van der Waals surface area contributed by atoms with Gasteiger partial charge in [-0.25, -0.2) is 0 Å². The lowest BCUT2D eigenvalue weighted by Crippen LogP contribution is -1.85. The normalized spacial score (nSPS) is 10.5. The van der Waals surface area contributed by atoms with Crippen LogP contribution in [0, 0.1) is 6.07 Å². The van der Waals surface area contributed by atoms with E-state index in [1.54, 1.807) is 0 Å². The van der Waals surface area contributed by atoms with Gasteiger partial charge in [-0.15, -0.1) is 35.9 Å². The first kappa shape index (κ1) is 9.10. The predicted molar refractivity (Wildman–Crippen MR) is 66.0 cm³/mol. The van der Waals surface area contributed by atoms with E-state index in [0.29, 0.717) is 0 Å². The van der Waals surface area contributed by atoms with E-state index in [9.17, 15) is 0 Å². The van der Waals surface area contributed by atoms with Crippen LogP contribution in [0.15, 0.2) is 60.8 Å². The van der Waals surface area contributed by atoms with Crippen LogP contribution in [-0.2, 0) is 0 Å². The molecule has 2 aromatic carbocycles. The van der Waals surface area contributed by atoms with Crippen LogP contribution in [0.3, 0.4) is 0 Å². The van der Waals surface area contributed by atoms with Crippen molar-refractivity contribution in [3.8, 4) is 11.3 Å². The molecule has 0 spiro atoms. The Bertz CT molecular complexity index is 609. The molecule has 0 saturated heterocycles. The summed E-state index contributed by atoms with van der Waals surface area (Å²) >= 11 is 0.